The van der Waals surface area contributed by atoms with Crippen LogP contribution < -0.4 is 15.4 Å². The first-order valence-corrected chi connectivity index (χ1v) is 11.7. The fourth-order valence-electron chi connectivity index (χ4n) is 4.16. The van der Waals surface area contributed by atoms with E-state index in [0.717, 1.165) is 33.5 Å². The molecule has 0 bridgehead atoms. The Morgan fingerprint density at radius 3 is 2.19 bits per heavy atom. The van der Waals surface area contributed by atoms with Crippen molar-refractivity contribution in [3.63, 3.8) is 0 Å². The molecule has 0 aliphatic rings. The van der Waals surface area contributed by atoms with E-state index in [2.05, 4.69) is 20.8 Å². The Balaban J connectivity index is 1.34. The summed E-state index contributed by atoms with van der Waals surface area (Å²) in [5.41, 5.74) is 3.65. The predicted molar refractivity (Wildman–Crippen MR) is 144 cm³/mol. The van der Waals surface area contributed by atoms with Crippen LogP contribution in [0, 0.1) is 0 Å². The summed E-state index contributed by atoms with van der Waals surface area (Å²) in [6.45, 7) is 0. The number of hydrogen-bond donors (Lipinski definition) is 2. The van der Waals surface area contributed by atoms with Crippen molar-refractivity contribution in [2.75, 3.05) is 17.7 Å². The molecule has 6 rings (SSSR count). The van der Waals surface area contributed by atoms with Gasteiger partial charge in [-0.05, 0) is 60.7 Å². The molecule has 0 aliphatic heterocycles. The average Bonchev–Trinajstić information content (AvgIpc) is 3.38. The van der Waals surface area contributed by atoms with Crippen LogP contribution in [0.15, 0.2) is 103 Å². The second-order valence-electron chi connectivity index (χ2n) is 8.40. The van der Waals surface area contributed by atoms with E-state index in [1.54, 1.807) is 23.8 Å². The number of benzene rings is 4. The standard InChI is InChI=1S/C29H22N6O2/c1-37-23-17-13-19(14-18-23)27-32-33-28-25-10-6-5-9-24(25)26(34-35(27)28)30-22-15-11-20(12-16-22)29(36)31-21-7-3-2-4-8-21/h2-18H,1H3,(H,30,34)(H,31,36). The highest BCUT2D eigenvalue weighted by Gasteiger charge is 2.16. The molecule has 0 saturated heterocycles. The number of para-hydroxylation sites is 1. The Kier molecular flexibility index (Phi) is 5.67. The van der Waals surface area contributed by atoms with Gasteiger partial charge in [0, 0.05) is 33.3 Å². The normalized spacial score (nSPS) is 10.9. The van der Waals surface area contributed by atoms with Crippen molar-refractivity contribution in [2.24, 2.45) is 0 Å². The second kappa shape index (κ2) is 9.43. The van der Waals surface area contributed by atoms with Gasteiger partial charge in [-0.25, -0.2) is 0 Å². The van der Waals surface area contributed by atoms with Crippen LogP contribution in [-0.4, -0.2) is 32.8 Å². The smallest absolute Gasteiger partial charge is 0.255 e. The largest absolute Gasteiger partial charge is 0.497 e. The molecule has 0 saturated carbocycles. The molecule has 37 heavy (non-hydrogen) atoms. The van der Waals surface area contributed by atoms with Gasteiger partial charge in [0.15, 0.2) is 17.3 Å². The van der Waals surface area contributed by atoms with E-state index in [4.69, 9.17) is 9.84 Å². The van der Waals surface area contributed by atoms with Crippen LogP contribution in [0.1, 0.15) is 10.4 Å². The van der Waals surface area contributed by atoms with Gasteiger partial charge in [0.1, 0.15) is 5.75 Å². The lowest BCUT2D eigenvalue weighted by Crippen LogP contribution is -2.11. The van der Waals surface area contributed by atoms with Gasteiger partial charge in [0.05, 0.1) is 7.11 Å². The fraction of sp³-hybridized carbons (Fsp3) is 0.0345. The molecule has 0 fully saturated rings. The summed E-state index contributed by atoms with van der Waals surface area (Å²) in [5.74, 6) is 1.87. The lowest BCUT2D eigenvalue weighted by Gasteiger charge is -2.11. The highest BCUT2D eigenvalue weighted by atomic mass is 16.5. The maximum absolute atomic E-state index is 12.6. The fourth-order valence-corrected chi connectivity index (χ4v) is 4.16. The van der Waals surface area contributed by atoms with Gasteiger partial charge in [-0.2, -0.15) is 4.52 Å². The Morgan fingerprint density at radius 2 is 1.46 bits per heavy atom. The van der Waals surface area contributed by atoms with E-state index in [0.29, 0.717) is 22.9 Å². The number of nitrogens with one attached hydrogen (secondary N) is 2. The Bertz CT molecular complexity index is 1710. The van der Waals surface area contributed by atoms with Crippen LogP contribution in [0.4, 0.5) is 17.2 Å². The number of ether oxygens (including phenoxy) is 1. The van der Waals surface area contributed by atoms with Gasteiger partial charge < -0.3 is 15.4 Å². The van der Waals surface area contributed by atoms with Gasteiger partial charge in [0.25, 0.3) is 5.91 Å². The van der Waals surface area contributed by atoms with Crippen LogP contribution in [-0.2, 0) is 0 Å². The molecular weight excluding hydrogens is 464 g/mol. The van der Waals surface area contributed by atoms with Gasteiger partial charge >= 0.3 is 0 Å². The summed E-state index contributed by atoms with van der Waals surface area (Å²) in [5, 5.41) is 21.8. The zero-order valence-electron chi connectivity index (χ0n) is 19.9. The number of carbonyl (C=O) groups excluding carboxylic acids is 1. The highest BCUT2D eigenvalue weighted by Crippen LogP contribution is 2.30. The molecular formula is C29H22N6O2. The molecule has 0 atom stereocenters. The third-order valence-electron chi connectivity index (χ3n) is 6.05. The molecule has 180 valence electrons. The summed E-state index contributed by atoms with van der Waals surface area (Å²) < 4.78 is 7.02. The summed E-state index contributed by atoms with van der Waals surface area (Å²) in [4.78, 5) is 12.6. The lowest BCUT2D eigenvalue weighted by molar-refractivity contribution is 0.102. The minimum Gasteiger partial charge on any atom is -0.497 e. The van der Waals surface area contributed by atoms with Gasteiger partial charge in [-0.15, -0.1) is 15.3 Å². The number of methoxy groups -OCH3 is 1. The van der Waals surface area contributed by atoms with E-state index < -0.39 is 0 Å². The number of amides is 1. The minimum atomic E-state index is -0.170. The maximum Gasteiger partial charge on any atom is 0.255 e. The van der Waals surface area contributed by atoms with Crippen molar-refractivity contribution >= 4 is 39.5 Å². The average molecular weight is 487 g/mol. The number of nitrogens with zero attached hydrogens (tertiary/aromatic N) is 4. The summed E-state index contributed by atoms with van der Waals surface area (Å²) in [7, 11) is 1.63. The summed E-state index contributed by atoms with van der Waals surface area (Å²) >= 11 is 0. The van der Waals surface area contributed by atoms with Crippen LogP contribution in [0.5, 0.6) is 5.75 Å². The molecule has 2 N–H and O–H groups in total. The molecule has 0 aliphatic carbocycles. The molecule has 8 nitrogen and oxygen atoms in total. The molecule has 2 heterocycles. The van der Waals surface area contributed by atoms with E-state index >= 15 is 0 Å². The zero-order valence-corrected chi connectivity index (χ0v) is 19.9. The van der Waals surface area contributed by atoms with Crippen molar-refractivity contribution in [1.29, 1.82) is 0 Å². The van der Waals surface area contributed by atoms with Gasteiger partial charge in [-0.1, -0.05) is 42.5 Å². The summed E-state index contributed by atoms with van der Waals surface area (Å²) in [6, 6.07) is 32.2. The van der Waals surface area contributed by atoms with Crippen molar-refractivity contribution in [1.82, 2.24) is 19.8 Å². The molecule has 6 aromatic rings. The first-order valence-electron chi connectivity index (χ1n) is 11.7. The summed E-state index contributed by atoms with van der Waals surface area (Å²) in [6.07, 6.45) is 0. The number of aromatic nitrogens is 4. The number of carbonyl (C=O) groups is 1. The Labute approximate surface area is 212 Å². The van der Waals surface area contributed by atoms with Gasteiger partial charge in [0.2, 0.25) is 0 Å². The topological polar surface area (TPSA) is 93.4 Å². The van der Waals surface area contributed by atoms with E-state index in [1.165, 1.54) is 0 Å². The zero-order chi connectivity index (χ0) is 25.2. The van der Waals surface area contributed by atoms with E-state index in [1.807, 2.05) is 91.0 Å². The monoisotopic (exact) mass is 486 g/mol. The Morgan fingerprint density at radius 1 is 0.757 bits per heavy atom. The van der Waals surface area contributed by atoms with Crippen molar-refractivity contribution in [3.05, 3.63) is 109 Å². The quantitative estimate of drug-likeness (QED) is 0.302. The van der Waals surface area contributed by atoms with Crippen molar-refractivity contribution in [3.8, 4) is 17.1 Å². The SMILES string of the molecule is COc1ccc(-c2nnc3c4ccccc4c(Nc4ccc(C(=O)Nc5ccccc5)cc4)nn23)cc1. The number of hydrogen-bond acceptors (Lipinski definition) is 6. The van der Waals surface area contributed by atoms with Crippen LogP contribution in [0.25, 0.3) is 27.8 Å². The van der Waals surface area contributed by atoms with E-state index in [9.17, 15) is 4.79 Å². The number of rotatable bonds is 6. The number of anilines is 3. The molecule has 0 radical (unpaired) electrons. The first-order chi connectivity index (χ1) is 18.2. The van der Waals surface area contributed by atoms with E-state index in [-0.39, 0.29) is 5.91 Å². The molecule has 4 aromatic carbocycles. The molecule has 0 spiro atoms. The van der Waals surface area contributed by atoms with Crippen LogP contribution in [0.2, 0.25) is 0 Å². The minimum absolute atomic E-state index is 0.170. The van der Waals surface area contributed by atoms with Crippen LogP contribution >= 0.6 is 0 Å². The highest BCUT2D eigenvalue weighted by molar-refractivity contribution is 6.05. The molecule has 8 heteroatoms. The number of fused-ring (bicyclic) bond motifs is 3. The molecule has 2 aromatic heterocycles. The van der Waals surface area contributed by atoms with Gasteiger partial charge in [-0.3, -0.25) is 4.79 Å². The predicted octanol–water partition coefficient (Wildman–Crippen LogP) is 5.95. The maximum atomic E-state index is 12.6. The van der Waals surface area contributed by atoms with Crippen molar-refractivity contribution in [2.45, 2.75) is 0 Å². The molecule has 1 amide bonds. The van der Waals surface area contributed by atoms with Crippen molar-refractivity contribution < 1.29 is 9.53 Å². The lowest BCUT2D eigenvalue weighted by atomic mass is 10.1. The van der Waals surface area contributed by atoms with Crippen LogP contribution in [0.3, 0.4) is 0 Å². The molecule has 0 unspecified atom stereocenters. The third kappa shape index (κ3) is 4.32. The Hall–Kier alpha value is -5.24. The third-order valence-corrected chi connectivity index (χ3v) is 6.05. The second-order valence-corrected chi connectivity index (χ2v) is 8.40. The first kappa shape index (κ1) is 22.2.